The van der Waals surface area contributed by atoms with Crippen molar-refractivity contribution in [1.82, 2.24) is 9.97 Å². The van der Waals surface area contributed by atoms with Gasteiger partial charge in [0.05, 0.1) is 0 Å². The van der Waals surface area contributed by atoms with Crippen molar-refractivity contribution in [2.45, 2.75) is 25.7 Å². The summed E-state index contributed by atoms with van der Waals surface area (Å²) in [6.07, 6.45) is 3.63. The molecule has 1 aliphatic rings. The molecule has 5 heteroatoms. The molecule has 98 valence electrons. The maximum Gasteiger partial charge on any atom is 0.147 e. The van der Waals surface area contributed by atoms with E-state index in [0.29, 0.717) is 6.42 Å². The van der Waals surface area contributed by atoms with Crippen LogP contribution in [0.15, 0.2) is 24.3 Å². The SMILES string of the molecule is NNc1nc(Cc2ccc(F)cc2)nc2c1CCC2. The zero-order valence-electron chi connectivity index (χ0n) is 10.5. The van der Waals surface area contributed by atoms with Crippen LogP contribution in [-0.2, 0) is 19.3 Å². The first-order valence-electron chi connectivity index (χ1n) is 6.36. The van der Waals surface area contributed by atoms with Crippen molar-refractivity contribution in [1.29, 1.82) is 0 Å². The van der Waals surface area contributed by atoms with E-state index in [9.17, 15) is 4.39 Å². The van der Waals surface area contributed by atoms with Gasteiger partial charge in [-0.1, -0.05) is 12.1 Å². The molecule has 0 spiro atoms. The molecule has 1 aromatic heterocycles. The minimum Gasteiger partial charge on any atom is -0.308 e. The Morgan fingerprint density at radius 1 is 1.16 bits per heavy atom. The van der Waals surface area contributed by atoms with E-state index >= 15 is 0 Å². The fourth-order valence-electron chi connectivity index (χ4n) is 2.47. The quantitative estimate of drug-likeness (QED) is 0.652. The summed E-state index contributed by atoms with van der Waals surface area (Å²) in [5.41, 5.74) is 5.85. The van der Waals surface area contributed by atoms with Crippen LogP contribution in [0.25, 0.3) is 0 Å². The van der Waals surface area contributed by atoms with Crippen molar-refractivity contribution >= 4 is 5.82 Å². The number of benzene rings is 1. The van der Waals surface area contributed by atoms with Crippen LogP contribution in [0.4, 0.5) is 10.2 Å². The Kier molecular flexibility index (Phi) is 3.13. The Bertz CT molecular complexity index is 595. The molecule has 0 unspecified atom stereocenters. The molecule has 2 aromatic rings. The summed E-state index contributed by atoms with van der Waals surface area (Å²) in [4.78, 5) is 9.02. The predicted molar refractivity (Wildman–Crippen MR) is 71.1 cm³/mol. The van der Waals surface area contributed by atoms with Crippen molar-refractivity contribution in [3.05, 3.63) is 52.7 Å². The Labute approximate surface area is 110 Å². The van der Waals surface area contributed by atoms with Gasteiger partial charge in [0.1, 0.15) is 17.5 Å². The average molecular weight is 258 g/mol. The lowest BCUT2D eigenvalue weighted by molar-refractivity contribution is 0.627. The van der Waals surface area contributed by atoms with Gasteiger partial charge in [0.25, 0.3) is 0 Å². The Morgan fingerprint density at radius 2 is 1.95 bits per heavy atom. The third-order valence-electron chi connectivity index (χ3n) is 3.39. The first-order chi connectivity index (χ1) is 9.26. The lowest BCUT2D eigenvalue weighted by atomic mass is 10.1. The smallest absolute Gasteiger partial charge is 0.147 e. The lowest BCUT2D eigenvalue weighted by Gasteiger charge is -2.09. The average Bonchev–Trinajstić information content (AvgIpc) is 2.89. The number of nitrogen functional groups attached to an aromatic ring is 1. The third-order valence-corrected chi connectivity index (χ3v) is 3.39. The number of hydrogen-bond donors (Lipinski definition) is 2. The van der Waals surface area contributed by atoms with Crippen LogP contribution in [0.5, 0.6) is 0 Å². The predicted octanol–water partition coefficient (Wildman–Crippen LogP) is 1.98. The molecule has 1 heterocycles. The van der Waals surface area contributed by atoms with E-state index in [4.69, 9.17) is 5.84 Å². The van der Waals surface area contributed by atoms with Crippen LogP contribution in [0.3, 0.4) is 0 Å². The number of anilines is 1. The Morgan fingerprint density at radius 3 is 2.68 bits per heavy atom. The molecule has 0 saturated heterocycles. The molecule has 19 heavy (non-hydrogen) atoms. The summed E-state index contributed by atoms with van der Waals surface area (Å²) in [5, 5.41) is 0. The zero-order valence-corrected chi connectivity index (χ0v) is 10.5. The summed E-state index contributed by atoms with van der Waals surface area (Å²) >= 11 is 0. The fourth-order valence-corrected chi connectivity index (χ4v) is 2.47. The molecule has 0 aliphatic heterocycles. The largest absolute Gasteiger partial charge is 0.308 e. The van der Waals surface area contributed by atoms with Crippen LogP contribution in [-0.4, -0.2) is 9.97 Å². The summed E-state index contributed by atoms with van der Waals surface area (Å²) in [6.45, 7) is 0. The monoisotopic (exact) mass is 258 g/mol. The second-order valence-corrected chi connectivity index (χ2v) is 4.71. The molecule has 3 rings (SSSR count). The van der Waals surface area contributed by atoms with Gasteiger partial charge in [0.15, 0.2) is 0 Å². The summed E-state index contributed by atoms with van der Waals surface area (Å²) in [6, 6.07) is 6.40. The molecule has 1 aromatic carbocycles. The van der Waals surface area contributed by atoms with Crippen molar-refractivity contribution in [3.63, 3.8) is 0 Å². The van der Waals surface area contributed by atoms with Gasteiger partial charge in [0, 0.05) is 17.7 Å². The van der Waals surface area contributed by atoms with Crippen LogP contribution in [0.1, 0.15) is 29.1 Å². The molecule has 1 aliphatic carbocycles. The van der Waals surface area contributed by atoms with E-state index in [0.717, 1.165) is 47.7 Å². The first kappa shape index (κ1) is 12.0. The number of aromatic nitrogens is 2. The van der Waals surface area contributed by atoms with E-state index in [-0.39, 0.29) is 5.82 Å². The molecule has 3 N–H and O–H groups in total. The van der Waals surface area contributed by atoms with Gasteiger partial charge in [0.2, 0.25) is 0 Å². The van der Waals surface area contributed by atoms with E-state index in [2.05, 4.69) is 15.4 Å². The number of rotatable bonds is 3. The summed E-state index contributed by atoms with van der Waals surface area (Å²) in [7, 11) is 0. The highest BCUT2D eigenvalue weighted by atomic mass is 19.1. The highest BCUT2D eigenvalue weighted by Crippen LogP contribution is 2.26. The number of nitrogens with two attached hydrogens (primary N) is 1. The number of nitrogens with zero attached hydrogens (tertiary/aromatic N) is 2. The van der Waals surface area contributed by atoms with Crippen LogP contribution < -0.4 is 11.3 Å². The van der Waals surface area contributed by atoms with Crippen molar-refractivity contribution in [2.24, 2.45) is 5.84 Å². The maximum absolute atomic E-state index is 12.9. The summed E-state index contributed by atoms with van der Waals surface area (Å²) < 4.78 is 12.9. The van der Waals surface area contributed by atoms with Crippen LogP contribution >= 0.6 is 0 Å². The van der Waals surface area contributed by atoms with Crippen molar-refractivity contribution in [2.75, 3.05) is 5.43 Å². The fraction of sp³-hybridized carbons (Fsp3) is 0.286. The number of halogens is 1. The second-order valence-electron chi connectivity index (χ2n) is 4.71. The van der Waals surface area contributed by atoms with Crippen LogP contribution in [0, 0.1) is 5.82 Å². The number of fused-ring (bicyclic) bond motifs is 1. The minimum absolute atomic E-state index is 0.233. The van der Waals surface area contributed by atoms with E-state index < -0.39 is 0 Å². The van der Waals surface area contributed by atoms with E-state index in [1.165, 1.54) is 12.1 Å². The van der Waals surface area contributed by atoms with Crippen LogP contribution in [0.2, 0.25) is 0 Å². The van der Waals surface area contributed by atoms with Gasteiger partial charge < -0.3 is 5.43 Å². The number of hydrogen-bond acceptors (Lipinski definition) is 4. The molecule has 0 atom stereocenters. The normalized spacial score (nSPS) is 13.4. The van der Waals surface area contributed by atoms with Gasteiger partial charge in [-0.3, -0.25) is 0 Å². The standard InChI is InChI=1S/C14H15FN4/c15-10-6-4-9(5-7-10)8-13-17-12-3-1-2-11(12)14(18-13)19-16/h4-7H,1-3,8,16H2,(H,17,18,19). The van der Waals surface area contributed by atoms with Crippen molar-refractivity contribution in [3.8, 4) is 0 Å². The second kappa shape index (κ2) is 4.93. The van der Waals surface area contributed by atoms with Crippen molar-refractivity contribution < 1.29 is 4.39 Å². The molecule has 0 saturated carbocycles. The molecular weight excluding hydrogens is 243 g/mol. The highest BCUT2D eigenvalue weighted by Gasteiger charge is 2.18. The molecule has 0 bridgehead atoms. The first-order valence-corrected chi connectivity index (χ1v) is 6.36. The maximum atomic E-state index is 12.9. The topological polar surface area (TPSA) is 63.8 Å². The van der Waals surface area contributed by atoms with Gasteiger partial charge in [-0.05, 0) is 37.0 Å². The highest BCUT2D eigenvalue weighted by molar-refractivity contribution is 5.48. The minimum atomic E-state index is -0.233. The molecular formula is C14H15FN4. The lowest BCUT2D eigenvalue weighted by Crippen LogP contribution is -2.14. The van der Waals surface area contributed by atoms with Gasteiger partial charge in [-0.2, -0.15) is 0 Å². The molecule has 0 fully saturated rings. The number of hydrazine groups is 1. The van der Waals surface area contributed by atoms with Gasteiger partial charge >= 0.3 is 0 Å². The van der Waals surface area contributed by atoms with Gasteiger partial charge in [-0.25, -0.2) is 20.2 Å². The van der Waals surface area contributed by atoms with E-state index in [1.54, 1.807) is 12.1 Å². The molecule has 0 radical (unpaired) electrons. The van der Waals surface area contributed by atoms with Gasteiger partial charge in [-0.15, -0.1) is 0 Å². The number of aryl methyl sites for hydroxylation is 1. The van der Waals surface area contributed by atoms with E-state index in [1.807, 2.05) is 0 Å². The Hall–Kier alpha value is -2.01. The molecule has 4 nitrogen and oxygen atoms in total. The molecule has 0 amide bonds. The number of nitrogens with one attached hydrogen (secondary N) is 1. The summed E-state index contributed by atoms with van der Waals surface area (Å²) in [5.74, 6) is 6.73. The Balaban J connectivity index is 1.91. The zero-order chi connectivity index (χ0) is 13.2. The third kappa shape index (κ3) is 2.42.